The Kier molecular flexibility index (Phi) is 4.29. The predicted octanol–water partition coefficient (Wildman–Crippen LogP) is 1.59. The lowest BCUT2D eigenvalue weighted by Crippen LogP contribution is -2.35. The Hall–Kier alpha value is -1.75. The van der Waals surface area contributed by atoms with E-state index in [1.807, 2.05) is 18.2 Å². The number of rotatable bonds is 3. The summed E-state index contributed by atoms with van der Waals surface area (Å²) in [5.41, 5.74) is 6.90. The zero-order valence-corrected chi connectivity index (χ0v) is 12.1. The molecule has 114 valence electrons. The van der Waals surface area contributed by atoms with Crippen LogP contribution >= 0.6 is 0 Å². The van der Waals surface area contributed by atoms with Gasteiger partial charge >= 0.3 is 0 Å². The molecule has 3 N–H and O–H groups in total. The van der Waals surface area contributed by atoms with Crippen LogP contribution < -0.4 is 20.5 Å². The van der Waals surface area contributed by atoms with Crippen LogP contribution in [0.15, 0.2) is 18.2 Å². The summed E-state index contributed by atoms with van der Waals surface area (Å²) in [4.78, 5) is 12.2. The summed E-state index contributed by atoms with van der Waals surface area (Å²) in [6, 6.07) is 6.07. The van der Waals surface area contributed by atoms with Gasteiger partial charge in [-0.3, -0.25) is 4.79 Å². The van der Waals surface area contributed by atoms with Gasteiger partial charge in [0.2, 0.25) is 5.91 Å². The molecule has 0 bridgehead atoms. The lowest BCUT2D eigenvalue weighted by atomic mass is 9.86. The predicted molar refractivity (Wildman–Crippen MR) is 79.2 cm³/mol. The van der Waals surface area contributed by atoms with Gasteiger partial charge in [0, 0.05) is 18.5 Å². The Balaban J connectivity index is 1.54. The molecule has 2 aliphatic rings. The Labute approximate surface area is 124 Å². The van der Waals surface area contributed by atoms with Gasteiger partial charge in [0.15, 0.2) is 11.5 Å². The SMILES string of the molecule is NC1CCC(C(=O)NCc2ccc3c(c2)OCCO3)CC1. The Morgan fingerprint density at radius 2 is 1.86 bits per heavy atom. The van der Waals surface area contributed by atoms with Crippen molar-refractivity contribution >= 4 is 5.91 Å². The second-order valence-electron chi connectivity index (χ2n) is 5.81. The van der Waals surface area contributed by atoms with E-state index in [-0.39, 0.29) is 17.9 Å². The molecule has 0 atom stereocenters. The molecule has 1 fully saturated rings. The first-order valence-electron chi connectivity index (χ1n) is 7.64. The van der Waals surface area contributed by atoms with Crippen molar-refractivity contribution < 1.29 is 14.3 Å². The second kappa shape index (κ2) is 6.35. The van der Waals surface area contributed by atoms with Gasteiger partial charge in [0.1, 0.15) is 13.2 Å². The highest BCUT2D eigenvalue weighted by atomic mass is 16.6. The standard InChI is InChI=1S/C16H22N2O3/c17-13-4-2-12(3-5-13)16(19)18-10-11-1-6-14-15(9-11)21-8-7-20-14/h1,6,9,12-13H,2-5,7-8,10,17H2,(H,18,19). The topological polar surface area (TPSA) is 73.6 Å². The molecule has 3 rings (SSSR count). The zero-order chi connectivity index (χ0) is 14.7. The van der Waals surface area contributed by atoms with Gasteiger partial charge in [-0.05, 0) is 43.4 Å². The lowest BCUT2D eigenvalue weighted by molar-refractivity contribution is -0.126. The molecule has 1 saturated carbocycles. The third-order valence-corrected chi connectivity index (χ3v) is 4.22. The fourth-order valence-electron chi connectivity index (χ4n) is 2.91. The van der Waals surface area contributed by atoms with Crippen LogP contribution in [0.1, 0.15) is 31.2 Å². The molecule has 1 aromatic rings. The smallest absolute Gasteiger partial charge is 0.223 e. The average Bonchev–Trinajstić information content (AvgIpc) is 2.53. The molecular formula is C16H22N2O3. The molecule has 0 unspecified atom stereocenters. The van der Waals surface area contributed by atoms with E-state index in [0.29, 0.717) is 19.8 Å². The average molecular weight is 290 g/mol. The van der Waals surface area contributed by atoms with Crippen LogP contribution in [0.25, 0.3) is 0 Å². The van der Waals surface area contributed by atoms with Crippen molar-refractivity contribution in [1.82, 2.24) is 5.32 Å². The summed E-state index contributed by atoms with van der Waals surface area (Å²) in [7, 11) is 0. The fraction of sp³-hybridized carbons (Fsp3) is 0.562. The highest BCUT2D eigenvalue weighted by molar-refractivity contribution is 5.78. The highest BCUT2D eigenvalue weighted by Gasteiger charge is 2.24. The van der Waals surface area contributed by atoms with Crippen LogP contribution in [0, 0.1) is 5.92 Å². The van der Waals surface area contributed by atoms with E-state index >= 15 is 0 Å². The van der Waals surface area contributed by atoms with Crippen LogP contribution in [-0.2, 0) is 11.3 Å². The molecule has 1 heterocycles. The van der Waals surface area contributed by atoms with Crippen molar-refractivity contribution in [2.75, 3.05) is 13.2 Å². The third kappa shape index (κ3) is 3.47. The molecule has 1 amide bonds. The summed E-state index contributed by atoms with van der Waals surface area (Å²) in [6.07, 6.45) is 3.69. The maximum atomic E-state index is 12.2. The van der Waals surface area contributed by atoms with Crippen molar-refractivity contribution in [1.29, 1.82) is 0 Å². The molecule has 0 radical (unpaired) electrons. The van der Waals surface area contributed by atoms with Crippen LogP contribution in [0.3, 0.4) is 0 Å². The summed E-state index contributed by atoms with van der Waals surface area (Å²) in [6.45, 7) is 1.69. The summed E-state index contributed by atoms with van der Waals surface area (Å²) < 4.78 is 11.0. The minimum atomic E-state index is 0.113. The second-order valence-corrected chi connectivity index (χ2v) is 5.81. The molecule has 21 heavy (non-hydrogen) atoms. The van der Waals surface area contributed by atoms with Crippen LogP contribution in [0.2, 0.25) is 0 Å². The molecule has 0 aromatic heterocycles. The van der Waals surface area contributed by atoms with E-state index in [1.54, 1.807) is 0 Å². The van der Waals surface area contributed by atoms with Crippen LogP contribution in [0.4, 0.5) is 0 Å². The van der Waals surface area contributed by atoms with Gasteiger partial charge in [0.25, 0.3) is 0 Å². The van der Waals surface area contributed by atoms with Gasteiger partial charge in [-0.15, -0.1) is 0 Å². The number of benzene rings is 1. The first kappa shape index (κ1) is 14.2. The number of carbonyl (C=O) groups excluding carboxylic acids is 1. The molecular weight excluding hydrogens is 268 g/mol. The summed E-state index contributed by atoms with van der Waals surface area (Å²) in [5.74, 6) is 1.79. The van der Waals surface area contributed by atoms with Gasteiger partial charge < -0.3 is 20.5 Å². The first-order valence-corrected chi connectivity index (χ1v) is 7.64. The largest absolute Gasteiger partial charge is 0.486 e. The summed E-state index contributed by atoms with van der Waals surface area (Å²) >= 11 is 0. The number of ether oxygens (including phenoxy) is 2. The number of carbonyl (C=O) groups is 1. The van der Waals surface area contributed by atoms with E-state index in [9.17, 15) is 4.79 Å². The maximum absolute atomic E-state index is 12.2. The molecule has 1 aromatic carbocycles. The van der Waals surface area contributed by atoms with Crippen molar-refractivity contribution in [3.05, 3.63) is 23.8 Å². The van der Waals surface area contributed by atoms with Gasteiger partial charge in [0.05, 0.1) is 0 Å². The number of amides is 1. The number of hydrogen-bond acceptors (Lipinski definition) is 4. The first-order chi connectivity index (χ1) is 10.2. The number of hydrogen-bond donors (Lipinski definition) is 2. The van der Waals surface area contributed by atoms with Gasteiger partial charge in [-0.1, -0.05) is 6.07 Å². The number of nitrogens with one attached hydrogen (secondary N) is 1. The minimum Gasteiger partial charge on any atom is -0.486 e. The third-order valence-electron chi connectivity index (χ3n) is 4.22. The maximum Gasteiger partial charge on any atom is 0.223 e. The monoisotopic (exact) mass is 290 g/mol. The van der Waals surface area contributed by atoms with E-state index in [0.717, 1.165) is 42.7 Å². The zero-order valence-electron chi connectivity index (χ0n) is 12.1. The molecule has 5 heteroatoms. The van der Waals surface area contributed by atoms with E-state index in [4.69, 9.17) is 15.2 Å². The summed E-state index contributed by atoms with van der Waals surface area (Å²) in [5, 5.41) is 3.01. The Morgan fingerprint density at radius 3 is 2.62 bits per heavy atom. The number of nitrogens with two attached hydrogens (primary N) is 1. The van der Waals surface area contributed by atoms with Crippen molar-refractivity contribution in [2.45, 2.75) is 38.3 Å². The Morgan fingerprint density at radius 1 is 1.14 bits per heavy atom. The van der Waals surface area contributed by atoms with Crippen molar-refractivity contribution in [2.24, 2.45) is 11.7 Å². The quantitative estimate of drug-likeness (QED) is 0.886. The van der Waals surface area contributed by atoms with Crippen LogP contribution in [-0.4, -0.2) is 25.2 Å². The van der Waals surface area contributed by atoms with Crippen LogP contribution in [0.5, 0.6) is 11.5 Å². The molecule has 1 aliphatic carbocycles. The molecule has 5 nitrogen and oxygen atoms in total. The Bertz CT molecular complexity index is 510. The van der Waals surface area contributed by atoms with Crippen molar-refractivity contribution in [3.63, 3.8) is 0 Å². The fourth-order valence-corrected chi connectivity index (χ4v) is 2.91. The minimum absolute atomic E-state index is 0.113. The normalized spacial score (nSPS) is 24.4. The molecule has 1 aliphatic heterocycles. The van der Waals surface area contributed by atoms with Crippen molar-refractivity contribution in [3.8, 4) is 11.5 Å². The van der Waals surface area contributed by atoms with E-state index in [2.05, 4.69) is 5.32 Å². The number of fused-ring (bicyclic) bond motifs is 1. The van der Waals surface area contributed by atoms with Gasteiger partial charge in [-0.25, -0.2) is 0 Å². The lowest BCUT2D eigenvalue weighted by Gasteiger charge is -2.25. The van der Waals surface area contributed by atoms with Gasteiger partial charge in [-0.2, -0.15) is 0 Å². The highest BCUT2D eigenvalue weighted by Crippen LogP contribution is 2.30. The molecule has 0 saturated heterocycles. The van der Waals surface area contributed by atoms with E-state index < -0.39 is 0 Å². The van der Waals surface area contributed by atoms with E-state index in [1.165, 1.54) is 0 Å². The molecule has 0 spiro atoms.